The highest BCUT2D eigenvalue weighted by Crippen LogP contribution is 2.26. The highest BCUT2D eigenvalue weighted by atomic mass is 31.0. The molecule has 1 aliphatic heterocycles. The predicted octanol–water partition coefficient (Wildman–Crippen LogP) is 0.0812. The summed E-state index contributed by atoms with van der Waals surface area (Å²) in [7, 11) is 3.95. The Hall–Kier alpha value is 0.607. The summed E-state index contributed by atoms with van der Waals surface area (Å²) >= 11 is 0. The first kappa shape index (κ1) is 6.72. The van der Waals surface area contributed by atoms with E-state index >= 15 is 0 Å². The third kappa shape index (κ3) is 1.85. The van der Waals surface area contributed by atoms with Gasteiger partial charge in [-0.05, 0) is 19.3 Å². The van der Waals surface area contributed by atoms with Gasteiger partial charge in [0.25, 0.3) is 0 Å². The summed E-state index contributed by atoms with van der Waals surface area (Å²) in [6, 6.07) is 0. The summed E-state index contributed by atoms with van der Waals surface area (Å²) < 4.78 is 5.49. The molecule has 2 unspecified atom stereocenters. The fourth-order valence-electron chi connectivity index (χ4n) is 0.956. The summed E-state index contributed by atoms with van der Waals surface area (Å²) in [6.45, 7) is 0.979. The van der Waals surface area contributed by atoms with Crippen molar-refractivity contribution in [3.63, 3.8) is 0 Å². The molecule has 1 fully saturated rings. The van der Waals surface area contributed by atoms with Crippen LogP contribution in [0.1, 0.15) is 19.3 Å². The van der Waals surface area contributed by atoms with Crippen molar-refractivity contribution in [2.75, 3.05) is 6.61 Å². The van der Waals surface area contributed by atoms with Crippen molar-refractivity contribution in [1.29, 1.82) is 0 Å². The van der Waals surface area contributed by atoms with Gasteiger partial charge in [-0.3, -0.25) is 0 Å². The van der Waals surface area contributed by atoms with Gasteiger partial charge in [-0.1, -0.05) is 0 Å². The first-order chi connectivity index (χ1) is 3.71. The van der Waals surface area contributed by atoms with Gasteiger partial charge in [0.05, 0.1) is 4.97 Å². The molecule has 0 aromatic heterocycles. The number of hydrogen-bond acceptors (Lipinski definition) is 1. The minimum atomic E-state index is 0.234. The van der Waals surface area contributed by atoms with Crippen LogP contribution in [0.2, 0.25) is 0 Å². The molecule has 0 bridgehead atoms. The summed E-state index contributed by atoms with van der Waals surface area (Å²) in [5, 5.41) is 0. The molecule has 0 amide bonds. The molecule has 0 spiro atoms. The van der Waals surface area contributed by atoms with E-state index in [4.69, 9.17) is 4.74 Å². The molecule has 0 aromatic carbocycles. The monoisotopic (exact) mass is 148 g/mol. The lowest BCUT2D eigenvalue weighted by atomic mass is 10.2. The second-order valence-corrected chi connectivity index (χ2v) is 6.69. The molecule has 48 valence electrons. The van der Waals surface area contributed by atoms with Crippen LogP contribution >= 0.6 is 9.24 Å². The second kappa shape index (κ2) is 2.46. The third-order valence-corrected chi connectivity index (χ3v) is 2.74. The van der Waals surface area contributed by atoms with Crippen LogP contribution < -0.4 is 0 Å². The van der Waals surface area contributed by atoms with Gasteiger partial charge in [-0.2, -0.15) is 0 Å². The topological polar surface area (TPSA) is 9.23 Å². The Bertz CT molecular complexity index is 76.5. The van der Waals surface area contributed by atoms with Crippen LogP contribution in [-0.4, -0.2) is 21.8 Å². The van der Waals surface area contributed by atoms with E-state index in [2.05, 4.69) is 9.24 Å². The molecule has 0 aliphatic carbocycles. The zero-order chi connectivity index (χ0) is 6.04. The van der Waals surface area contributed by atoms with Gasteiger partial charge in [-0.25, -0.2) is 0 Å². The summed E-state index contributed by atoms with van der Waals surface area (Å²) in [4.78, 5) is 0.234. The summed E-state index contributed by atoms with van der Waals surface area (Å²) in [5.74, 6) is 0. The highest BCUT2D eigenvalue weighted by Gasteiger charge is 2.20. The maximum atomic E-state index is 5.49. The maximum Gasteiger partial charge on any atom is 0.0610 e. The molecule has 0 N–H and O–H groups in total. The molecule has 0 aromatic rings. The largest absolute Gasteiger partial charge is 0.376 e. The van der Waals surface area contributed by atoms with Gasteiger partial charge in [0.2, 0.25) is 0 Å². The van der Waals surface area contributed by atoms with Crippen molar-refractivity contribution in [3.8, 4) is 0 Å². The Morgan fingerprint density at radius 1 is 1.50 bits per heavy atom. The molecule has 1 heterocycles. The lowest BCUT2D eigenvalue weighted by Crippen LogP contribution is -2.29. The molecule has 1 nitrogen and oxygen atoms in total. The lowest BCUT2D eigenvalue weighted by Gasteiger charge is -2.29. The van der Waals surface area contributed by atoms with Gasteiger partial charge < -0.3 is 4.74 Å². The van der Waals surface area contributed by atoms with Crippen molar-refractivity contribution < 1.29 is 4.74 Å². The SMILES string of the molecule is [SiH3]C1(P)CCCCO1. The fraction of sp³-hybridized carbons (Fsp3) is 1.00. The molecule has 0 radical (unpaired) electrons. The van der Waals surface area contributed by atoms with Crippen molar-refractivity contribution in [2.24, 2.45) is 0 Å². The Labute approximate surface area is 55.8 Å². The minimum absolute atomic E-state index is 0.234. The standard InChI is InChI=1S/C5H13OPSi/c7-5(8)3-1-2-4-6-5/h1-4,7H2,8H3. The van der Waals surface area contributed by atoms with Gasteiger partial charge >= 0.3 is 0 Å². The first-order valence-electron chi connectivity index (χ1n) is 3.14. The molecule has 8 heavy (non-hydrogen) atoms. The minimum Gasteiger partial charge on any atom is -0.376 e. The normalized spacial score (nSPS) is 40.1. The second-order valence-electron chi connectivity index (χ2n) is 2.62. The summed E-state index contributed by atoms with van der Waals surface area (Å²) in [5.41, 5.74) is 0. The van der Waals surface area contributed by atoms with Crippen molar-refractivity contribution >= 4 is 19.5 Å². The molecule has 3 heteroatoms. The van der Waals surface area contributed by atoms with E-state index in [1.54, 1.807) is 0 Å². The van der Waals surface area contributed by atoms with E-state index in [1.165, 1.54) is 19.3 Å². The summed E-state index contributed by atoms with van der Waals surface area (Å²) in [6.07, 6.45) is 3.87. The smallest absolute Gasteiger partial charge is 0.0610 e. The van der Waals surface area contributed by atoms with Crippen LogP contribution in [0, 0.1) is 0 Å². The van der Waals surface area contributed by atoms with Gasteiger partial charge in [-0.15, -0.1) is 9.24 Å². The molecule has 0 saturated carbocycles. The predicted molar refractivity (Wildman–Crippen MR) is 42.2 cm³/mol. The number of hydrogen-bond donors (Lipinski definition) is 0. The Morgan fingerprint density at radius 3 is 2.50 bits per heavy atom. The average molecular weight is 148 g/mol. The van der Waals surface area contributed by atoms with E-state index in [0.717, 1.165) is 16.8 Å². The molecule has 2 atom stereocenters. The third-order valence-electron chi connectivity index (χ3n) is 1.50. The van der Waals surface area contributed by atoms with Crippen molar-refractivity contribution in [3.05, 3.63) is 0 Å². The molecule has 1 rings (SSSR count). The fourth-order valence-corrected chi connectivity index (χ4v) is 1.84. The highest BCUT2D eigenvalue weighted by molar-refractivity contribution is 7.21. The van der Waals surface area contributed by atoms with Crippen LogP contribution in [0.3, 0.4) is 0 Å². The van der Waals surface area contributed by atoms with E-state index in [9.17, 15) is 0 Å². The number of rotatable bonds is 0. The first-order valence-corrected chi connectivity index (χ1v) is 4.71. The zero-order valence-electron chi connectivity index (χ0n) is 5.31. The van der Waals surface area contributed by atoms with Gasteiger partial charge in [0.1, 0.15) is 0 Å². The van der Waals surface area contributed by atoms with Crippen molar-refractivity contribution in [1.82, 2.24) is 0 Å². The Kier molecular flexibility index (Phi) is 2.07. The average Bonchev–Trinajstić information content (AvgIpc) is 1.65. The van der Waals surface area contributed by atoms with E-state index < -0.39 is 0 Å². The Morgan fingerprint density at radius 2 is 2.25 bits per heavy atom. The van der Waals surface area contributed by atoms with Crippen molar-refractivity contribution in [2.45, 2.75) is 24.2 Å². The van der Waals surface area contributed by atoms with Gasteiger partial charge in [0.15, 0.2) is 0 Å². The van der Waals surface area contributed by atoms with E-state index in [0.29, 0.717) is 0 Å². The van der Waals surface area contributed by atoms with E-state index in [1.807, 2.05) is 0 Å². The molecular formula is C5H13OPSi. The molecule has 1 aliphatic rings. The van der Waals surface area contributed by atoms with Crippen LogP contribution in [0.15, 0.2) is 0 Å². The number of ether oxygens (including phenoxy) is 1. The van der Waals surface area contributed by atoms with E-state index in [-0.39, 0.29) is 4.97 Å². The molecule has 1 saturated heterocycles. The van der Waals surface area contributed by atoms with Crippen LogP contribution in [-0.2, 0) is 4.74 Å². The maximum absolute atomic E-state index is 5.49. The quantitative estimate of drug-likeness (QED) is 0.349. The molecular weight excluding hydrogens is 135 g/mol. The van der Waals surface area contributed by atoms with Crippen LogP contribution in [0.4, 0.5) is 0 Å². The van der Waals surface area contributed by atoms with Crippen LogP contribution in [0.25, 0.3) is 0 Å². The Balaban J connectivity index is 2.33. The van der Waals surface area contributed by atoms with Crippen LogP contribution in [0.5, 0.6) is 0 Å². The lowest BCUT2D eigenvalue weighted by molar-refractivity contribution is 0.0435. The zero-order valence-corrected chi connectivity index (χ0v) is 8.47. The van der Waals surface area contributed by atoms with Gasteiger partial charge in [0, 0.05) is 16.8 Å².